The molecule has 1 aromatic carbocycles. The Balaban J connectivity index is 1.40. The van der Waals surface area contributed by atoms with Gasteiger partial charge in [0.05, 0.1) is 5.60 Å². The highest BCUT2D eigenvalue weighted by Gasteiger charge is 2.48. The second-order valence-corrected chi connectivity index (χ2v) is 8.19. The molecule has 5 atom stereocenters. The Morgan fingerprint density at radius 3 is 2.90 bits per heavy atom. The second kappa shape index (κ2) is 5.60. The Kier molecular flexibility index (Phi) is 3.76. The molecular weight excluding hydrogens is 278 g/mol. The van der Waals surface area contributed by atoms with Crippen molar-refractivity contribution >= 4 is 11.8 Å². The van der Waals surface area contributed by atoms with Crippen molar-refractivity contribution in [2.75, 3.05) is 18.1 Å². The second-order valence-electron chi connectivity index (χ2n) is 7.08. The smallest absolute Gasteiger partial charge is 0.0783 e. The summed E-state index contributed by atoms with van der Waals surface area (Å²) < 4.78 is 6.14. The van der Waals surface area contributed by atoms with Gasteiger partial charge >= 0.3 is 0 Å². The average Bonchev–Trinajstić information content (AvgIpc) is 3.22. The molecular formula is C18H25NOS. The summed E-state index contributed by atoms with van der Waals surface area (Å²) >= 11 is 2.05. The Labute approximate surface area is 131 Å². The van der Waals surface area contributed by atoms with Gasteiger partial charge in [-0.15, -0.1) is 0 Å². The van der Waals surface area contributed by atoms with Gasteiger partial charge in [0.25, 0.3) is 0 Å². The summed E-state index contributed by atoms with van der Waals surface area (Å²) in [5, 5.41) is 0. The first-order chi connectivity index (χ1) is 10.3. The lowest BCUT2D eigenvalue weighted by Gasteiger charge is -2.40. The predicted octanol–water partition coefficient (Wildman–Crippen LogP) is 3.42. The van der Waals surface area contributed by atoms with Crippen LogP contribution in [0.15, 0.2) is 30.3 Å². The van der Waals surface area contributed by atoms with Crippen LogP contribution in [0, 0.1) is 11.8 Å². The Morgan fingerprint density at radius 1 is 1.29 bits per heavy atom. The van der Waals surface area contributed by atoms with Gasteiger partial charge < -0.3 is 10.5 Å². The summed E-state index contributed by atoms with van der Waals surface area (Å²) in [6.45, 7) is 0.918. The van der Waals surface area contributed by atoms with E-state index < -0.39 is 0 Å². The van der Waals surface area contributed by atoms with Crippen LogP contribution < -0.4 is 5.73 Å². The molecule has 2 heterocycles. The van der Waals surface area contributed by atoms with Gasteiger partial charge in [-0.25, -0.2) is 0 Å². The van der Waals surface area contributed by atoms with Crippen LogP contribution in [0.1, 0.15) is 37.2 Å². The van der Waals surface area contributed by atoms with Crippen LogP contribution in [-0.2, 0) is 4.74 Å². The van der Waals surface area contributed by atoms with Crippen LogP contribution in [0.5, 0.6) is 0 Å². The molecule has 2 aliphatic heterocycles. The number of hydrogen-bond donors (Lipinski definition) is 1. The normalized spacial score (nSPS) is 40.3. The summed E-state index contributed by atoms with van der Waals surface area (Å²) in [6, 6.07) is 11.3. The molecule has 0 aromatic heterocycles. The van der Waals surface area contributed by atoms with Crippen molar-refractivity contribution < 1.29 is 4.74 Å². The van der Waals surface area contributed by atoms with E-state index in [9.17, 15) is 0 Å². The number of benzene rings is 1. The van der Waals surface area contributed by atoms with Crippen LogP contribution in [0.3, 0.4) is 0 Å². The van der Waals surface area contributed by atoms with Crippen LogP contribution in [0.4, 0.5) is 0 Å². The van der Waals surface area contributed by atoms with E-state index in [4.69, 9.17) is 10.5 Å². The first kappa shape index (κ1) is 14.1. The molecule has 1 aromatic rings. The first-order valence-electron chi connectivity index (χ1n) is 8.30. The van der Waals surface area contributed by atoms with E-state index in [1.165, 1.54) is 36.3 Å². The molecule has 3 heteroatoms. The Bertz CT molecular complexity index is 485. The van der Waals surface area contributed by atoms with Gasteiger partial charge in [0.1, 0.15) is 0 Å². The monoisotopic (exact) mass is 303 g/mol. The fourth-order valence-electron chi connectivity index (χ4n) is 4.33. The molecule has 0 bridgehead atoms. The van der Waals surface area contributed by atoms with Gasteiger partial charge in [-0.05, 0) is 54.8 Å². The Morgan fingerprint density at radius 2 is 2.14 bits per heavy atom. The predicted molar refractivity (Wildman–Crippen MR) is 88.6 cm³/mol. The molecule has 2 nitrogen and oxygen atoms in total. The minimum atomic E-state index is 0.169. The van der Waals surface area contributed by atoms with Crippen molar-refractivity contribution in [1.82, 2.24) is 0 Å². The van der Waals surface area contributed by atoms with E-state index in [2.05, 4.69) is 30.3 Å². The maximum absolute atomic E-state index is 6.67. The summed E-state index contributed by atoms with van der Waals surface area (Å²) in [7, 11) is 0. The maximum atomic E-state index is 6.67. The molecule has 4 rings (SSSR count). The van der Waals surface area contributed by atoms with Crippen molar-refractivity contribution in [3.8, 4) is 0 Å². The number of rotatable bonds is 3. The SMILES string of the molecule is NC(C1CCOC2(CCSC2)C1)C1CC1c1ccccc1. The molecule has 114 valence electrons. The van der Waals surface area contributed by atoms with E-state index in [-0.39, 0.29) is 5.60 Å². The zero-order valence-electron chi connectivity index (χ0n) is 12.5. The fraction of sp³-hybridized carbons (Fsp3) is 0.667. The number of ether oxygens (including phenoxy) is 1. The minimum absolute atomic E-state index is 0.169. The first-order valence-corrected chi connectivity index (χ1v) is 9.45. The lowest BCUT2D eigenvalue weighted by molar-refractivity contribution is -0.0842. The van der Waals surface area contributed by atoms with E-state index in [0.717, 1.165) is 13.0 Å². The van der Waals surface area contributed by atoms with E-state index in [1.54, 1.807) is 0 Å². The quantitative estimate of drug-likeness (QED) is 0.929. The largest absolute Gasteiger partial charge is 0.374 e. The molecule has 3 aliphatic rings. The molecule has 1 spiro atoms. The third kappa shape index (κ3) is 2.76. The zero-order valence-corrected chi connectivity index (χ0v) is 13.4. The molecule has 5 unspecified atom stereocenters. The molecule has 0 amide bonds. The zero-order chi connectivity index (χ0) is 14.3. The highest BCUT2D eigenvalue weighted by Crippen LogP contribution is 2.52. The summed E-state index contributed by atoms with van der Waals surface area (Å²) in [5.41, 5.74) is 8.32. The number of nitrogens with two attached hydrogens (primary N) is 1. The van der Waals surface area contributed by atoms with Crippen molar-refractivity contribution in [3.05, 3.63) is 35.9 Å². The molecule has 0 radical (unpaired) electrons. The molecule has 2 N–H and O–H groups in total. The van der Waals surface area contributed by atoms with Gasteiger partial charge in [0.15, 0.2) is 0 Å². The van der Waals surface area contributed by atoms with Gasteiger partial charge in [-0.1, -0.05) is 30.3 Å². The third-order valence-corrected chi connectivity index (χ3v) is 6.93. The van der Waals surface area contributed by atoms with Crippen molar-refractivity contribution in [1.29, 1.82) is 0 Å². The molecule has 21 heavy (non-hydrogen) atoms. The van der Waals surface area contributed by atoms with Crippen molar-refractivity contribution in [3.63, 3.8) is 0 Å². The van der Waals surface area contributed by atoms with Crippen LogP contribution in [0.25, 0.3) is 0 Å². The lowest BCUT2D eigenvalue weighted by atomic mass is 9.79. The summed E-state index contributed by atoms with van der Waals surface area (Å²) in [5.74, 6) is 4.51. The van der Waals surface area contributed by atoms with Gasteiger partial charge in [-0.3, -0.25) is 0 Å². The topological polar surface area (TPSA) is 35.2 Å². The van der Waals surface area contributed by atoms with Gasteiger partial charge in [0, 0.05) is 18.4 Å². The van der Waals surface area contributed by atoms with Crippen molar-refractivity contribution in [2.24, 2.45) is 17.6 Å². The lowest BCUT2D eigenvalue weighted by Crippen LogP contribution is -2.46. The summed E-state index contributed by atoms with van der Waals surface area (Å²) in [6.07, 6.45) is 4.86. The average molecular weight is 303 g/mol. The molecule has 1 saturated carbocycles. The molecule has 1 aliphatic carbocycles. The third-order valence-electron chi connectivity index (χ3n) is 5.70. The van der Waals surface area contributed by atoms with Crippen molar-refractivity contribution in [2.45, 2.75) is 43.2 Å². The van der Waals surface area contributed by atoms with E-state index in [1.807, 2.05) is 11.8 Å². The van der Waals surface area contributed by atoms with Gasteiger partial charge in [-0.2, -0.15) is 11.8 Å². The highest BCUT2D eigenvalue weighted by molar-refractivity contribution is 7.99. The Hall–Kier alpha value is -0.510. The molecule has 3 fully saturated rings. The van der Waals surface area contributed by atoms with Crippen LogP contribution >= 0.6 is 11.8 Å². The minimum Gasteiger partial charge on any atom is -0.374 e. The number of thioether (sulfide) groups is 1. The maximum Gasteiger partial charge on any atom is 0.0783 e. The summed E-state index contributed by atoms with van der Waals surface area (Å²) in [4.78, 5) is 0. The van der Waals surface area contributed by atoms with Crippen LogP contribution in [0.2, 0.25) is 0 Å². The van der Waals surface area contributed by atoms with E-state index >= 15 is 0 Å². The molecule has 2 saturated heterocycles. The van der Waals surface area contributed by atoms with Gasteiger partial charge in [0.2, 0.25) is 0 Å². The number of hydrogen-bond acceptors (Lipinski definition) is 3. The van der Waals surface area contributed by atoms with E-state index in [0.29, 0.717) is 23.8 Å². The standard InChI is InChI=1S/C18H25NOS/c19-17(16-10-15(16)13-4-2-1-3-5-13)14-6-8-20-18(11-14)7-9-21-12-18/h1-5,14-17H,6-12,19H2. The van der Waals surface area contributed by atoms with Crippen LogP contribution in [-0.4, -0.2) is 29.8 Å². The fourth-order valence-corrected chi connectivity index (χ4v) is 5.71. The highest BCUT2D eigenvalue weighted by atomic mass is 32.2.